The van der Waals surface area contributed by atoms with Gasteiger partial charge in [0.15, 0.2) is 5.82 Å². The van der Waals surface area contributed by atoms with Crippen LogP contribution in [-0.2, 0) is 0 Å². The lowest BCUT2D eigenvalue weighted by Crippen LogP contribution is -1.99. The van der Waals surface area contributed by atoms with E-state index in [1.807, 2.05) is 38.1 Å². The lowest BCUT2D eigenvalue weighted by atomic mass is 10.1. The van der Waals surface area contributed by atoms with Crippen LogP contribution >= 0.6 is 24.8 Å². The number of anilines is 1. The Morgan fingerprint density at radius 2 is 1.76 bits per heavy atom. The number of aromatic nitrogens is 3. The Labute approximate surface area is 135 Å². The van der Waals surface area contributed by atoms with Crippen molar-refractivity contribution in [2.75, 3.05) is 5.73 Å². The molecule has 0 unspecified atom stereocenters. The average molecular weight is 323 g/mol. The second-order valence-corrected chi connectivity index (χ2v) is 4.57. The number of aryl methyl sites for hydroxylation is 2. The number of pyridine rings is 1. The summed E-state index contributed by atoms with van der Waals surface area (Å²) >= 11 is 0. The second-order valence-electron chi connectivity index (χ2n) is 4.57. The van der Waals surface area contributed by atoms with Gasteiger partial charge in [0, 0.05) is 29.0 Å². The van der Waals surface area contributed by atoms with Crippen LogP contribution in [0.1, 0.15) is 11.3 Å². The van der Waals surface area contributed by atoms with Crippen LogP contribution < -0.4 is 5.73 Å². The van der Waals surface area contributed by atoms with Gasteiger partial charge in [-0.1, -0.05) is 6.07 Å². The van der Waals surface area contributed by atoms with Gasteiger partial charge in [0.05, 0.1) is 11.2 Å². The standard InChI is InChI=1S/C15H14N4.2ClH/c1-9-5-6-12(16)14-13(9)10(2)18-15(19-14)11-4-3-7-17-8-11;;/h3-8H,16H2,1-2H3;2*1H. The summed E-state index contributed by atoms with van der Waals surface area (Å²) in [5, 5.41) is 1.03. The molecular formula is C15H16Cl2N4. The maximum Gasteiger partial charge on any atom is 0.161 e. The van der Waals surface area contributed by atoms with Crippen LogP contribution in [-0.4, -0.2) is 15.0 Å². The molecular weight excluding hydrogens is 307 g/mol. The first-order valence-corrected chi connectivity index (χ1v) is 6.10. The van der Waals surface area contributed by atoms with Crippen molar-refractivity contribution in [1.82, 2.24) is 15.0 Å². The Morgan fingerprint density at radius 3 is 2.43 bits per heavy atom. The van der Waals surface area contributed by atoms with E-state index in [1.165, 1.54) is 0 Å². The van der Waals surface area contributed by atoms with Crippen LogP contribution in [0.3, 0.4) is 0 Å². The Morgan fingerprint density at radius 1 is 1.00 bits per heavy atom. The number of rotatable bonds is 1. The zero-order valence-electron chi connectivity index (χ0n) is 11.7. The molecule has 3 rings (SSSR count). The highest BCUT2D eigenvalue weighted by Crippen LogP contribution is 2.27. The van der Waals surface area contributed by atoms with Crippen LogP contribution in [0.25, 0.3) is 22.3 Å². The van der Waals surface area contributed by atoms with Crippen LogP contribution in [0.5, 0.6) is 0 Å². The van der Waals surface area contributed by atoms with E-state index < -0.39 is 0 Å². The summed E-state index contributed by atoms with van der Waals surface area (Å²) in [7, 11) is 0. The number of nitrogen functional groups attached to an aromatic ring is 1. The van der Waals surface area contributed by atoms with E-state index in [9.17, 15) is 0 Å². The summed E-state index contributed by atoms with van der Waals surface area (Å²) in [5.74, 6) is 0.662. The molecule has 110 valence electrons. The quantitative estimate of drug-likeness (QED) is 0.693. The Bertz CT molecular complexity index is 760. The van der Waals surface area contributed by atoms with E-state index >= 15 is 0 Å². The Hall–Kier alpha value is -1.91. The van der Waals surface area contributed by atoms with E-state index in [-0.39, 0.29) is 24.8 Å². The molecule has 0 bridgehead atoms. The first-order chi connectivity index (χ1) is 9.16. The van der Waals surface area contributed by atoms with Gasteiger partial charge in [0.1, 0.15) is 0 Å². The molecule has 0 aliphatic rings. The highest BCUT2D eigenvalue weighted by Gasteiger charge is 2.10. The lowest BCUT2D eigenvalue weighted by Gasteiger charge is -2.09. The topological polar surface area (TPSA) is 64.7 Å². The van der Waals surface area contributed by atoms with Crippen LogP contribution in [0.2, 0.25) is 0 Å². The summed E-state index contributed by atoms with van der Waals surface area (Å²) in [5.41, 5.74) is 10.5. The van der Waals surface area contributed by atoms with Crippen LogP contribution in [0, 0.1) is 13.8 Å². The minimum Gasteiger partial charge on any atom is -0.397 e. The Balaban J connectivity index is 0.00000110. The number of nitrogens with two attached hydrogens (primary N) is 1. The maximum atomic E-state index is 6.04. The third-order valence-corrected chi connectivity index (χ3v) is 3.19. The van der Waals surface area contributed by atoms with Crippen LogP contribution in [0.15, 0.2) is 36.7 Å². The van der Waals surface area contributed by atoms with Crippen molar-refractivity contribution in [1.29, 1.82) is 0 Å². The smallest absolute Gasteiger partial charge is 0.161 e. The van der Waals surface area contributed by atoms with Crippen LogP contribution in [0.4, 0.5) is 5.69 Å². The van der Waals surface area contributed by atoms with Gasteiger partial charge in [-0.3, -0.25) is 4.98 Å². The molecule has 0 atom stereocenters. The molecule has 0 radical (unpaired) electrons. The van der Waals surface area contributed by atoms with Crippen molar-refractivity contribution < 1.29 is 0 Å². The summed E-state index contributed by atoms with van der Waals surface area (Å²) in [6, 6.07) is 7.70. The minimum atomic E-state index is 0. The minimum absolute atomic E-state index is 0. The van der Waals surface area contributed by atoms with Crippen molar-refractivity contribution in [3.63, 3.8) is 0 Å². The fourth-order valence-corrected chi connectivity index (χ4v) is 2.26. The zero-order chi connectivity index (χ0) is 13.4. The molecule has 0 saturated carbocycles. The van der Waals surface area contributed by atoms with Gasteiger partial charge in [-0.25, -0.2) is 9.97 Å². The summed E-state index contributed by atoms with van der Waals surface area (Å²) in [6.07, 6.45) is 3.49. The van der Waals surface area contributed by atoms with Gasteiger partial charge in [-0.2, -0.15) is 0 Å². The first kappa shape index (κ1) is 17.1. The molecule has 0 amide bonds. The third kappa shape index (κ3) is 3.06. The molecule has 2 heterocycles. The van der Waals surface area contributed by atoms with E-state index in [1.54, 1.807) is 12.4 Å². The number of fused-ring (bicyclic) bond motifs is 1. The number of hydrogen-bond acceptors (Lipinski definition) is 4. The van der Waals surface area contributed by atoms with Crippen molar-refractivity contribution in [2.24, 2.45) is 0 Å². The van der Waals surface area contributed by atoms with Gasteiger partial charge in [0.25, 0.3) is 0 Å². The molecule has 2 aromatic heterocycles. The van der Waals surface area contributed by atoms with Gasteiger partial charge < -0.3 is 5.73 Å². The molecule has 3 aromatic rings. The molecule has 0 aliphatic carbocycles. The predicted molar refractivity (Wildman–Crippen MR) is 91.2 cm³/mol. The van der Waals surface area contributed by atoms with Gasteiger partial charge >= 0.3 is 0 Å². The highest BCUT2D eigenvalue weighted by atomic mass is 35.5. The SMILES string of the molecule is Cc1ccc(N)c2nc(-c3cccnc3)nc(C)c12.Cl.Cl. The van der Waals surface area contributed by atoms with Crippen molar-refractivity contribution in [3.8, 4) is 11.4 Å². The van der Waals surface area contributed by atoms with Gasteiger partial charge in [-0.15, -0.1) is 24.8 Å². The average Bonchev–Trinajstić information content (AvgIpc) is 2.43. The molecule has 4 nitrogen and oxygen atoms in total. The fraction of sp³-hybridized carbons (Fsp3) is 0.133. The second kappa shape index (κ2) is 6.70. The summed E-state index contributed by atoms with van der Waals surface area (Å²) in [4.78, 5) is 13.3. The largest absolute Gasteiger partial charge is 0.397 e. The normalized spacial score (nSPS) is 9.81. The van der Waals surface area contributed by atoms with Gasteiger partial charge in [-0.05, 0) is 37.6 Å². The molecule has 1 aromatic carbocycles. The number of benzene rings is 1. The molecule has 0 saturated heterocycles. The molecule has 6 heteroatoms. The number of hydrogen-bond donors (Lipinski definition) is 1. The van der Waals surface area contributed by atoms with Crippen molar-refractivity contribution in [3.05, 3.63) is 47.9 Å². The molecule has 0 spiro atoms. The lowest BCUT2D eigenvalue weighted by molar-refractivity contribution is 1.15. The van der Waals surface area contributed by atoms with Gasteiger partial charge in [0.2, 0.25) is 0 Å². The van der Waals surface area contributed by atoms with E-state index in [2.05, 4.69) is 15.0 Å². The monoisotopic (exact) mass is 322 g/mol. The van der Waals surface area contributed by atoms with E-state index in [0.717, 1.165) is 27.7 Å². The Kier molecular flexibility index (Phi) is 5.47. The molecule has 21 heavy (non-hydrogen) atoms. The summed E-state index contributed by atoms with van der Waals surface area (Å²) < 4.78 is 0. The maximum absolute atomic E-state index is 6.04. The zero-order valence-corrected chi connectivity index (χ0v) is 13.3. The van der Waals surface area contributed by atoms with Crippen molar-refractivity contribution >= 4 is 41.4 Å². The highest BCUT2D eigenvalue weighted by molar-refractivity contribution is 5.94. The third-order valence-electron chi connectivity index (χ3n) is 3.19. The fourth-order valence-electron chi connectivity index (χ4n) is 2.26. The first-order valence-electron chi connectivity index (χ1n) is 6.10. The van der Waals surface area contributed by atoms with Crippen molar-refractivity contribution in [2.45, 2.75) is 13.8 Å². The summed E-state index contributed by atoms with van der Waals surface area (Å²) in [6.45, 7) is 4.03. The number of nitrogens with zero attached hydrogens (tertiary/aromatic N) is 3. The molecule has 2 N–H and O–H groups in total. The van der Waals surface area contributed by atoms with E-state index in [0.29, 0.717) is 11.5 Å². The molecule has 0 aliphatic heterocycles. The van der Waals surface area contributed by atoms with E-state index in [4.69, 9.17) is 5.73 Å². The predicted octanol–water partition coefficient (Wildman–Crippen LogP) is 3.73. The molecule has 0 fully saturated rings. The number of halogens is 2.